The highest BCUT2D eigenvalue weighted by Gasteiger charge is 2.32. The number of hydrogen-bond acceptors (Lipinski definition) is 2. The molecule has 0 saturated carbocycles. The van der Waals surface area contributed by atoms with Gasteiger partial charge in [0.2, 0.25) is 5.91 Å². The van der Waals surface area contributed by atoms with Crippen LogP contribution in [0.3, 0.4) is 0 Å². The zero-order valence-corrected chi connectivity index (χ0v) is 13.8. The molecule has 1 aromatic heterocycles. The molecule has 0 radical (unpaired) electrons. The quantitative estimate of drug-likeness (QED) is 0.872. The van der Waals surface area contributed by atoms with Gasteiger partial charge in [-0.3, -0.25) is 9.48 Å². The minimum atomic E-state index is -0.742. The Morgan fingerprint density at radius 3 is 2.48 bits per heavy atom. The van der Waals surface area contributed by atoms with Crippen LogP contribution >= 0.6 is 11.6 Å². The third kappa shape index (κ3) is 2.81. The lowest BCUT2D eigenvalue weighted by Gasteiger charge is -2.27. The molecule has 0 aliphatic heterocycles. The zero-order valence-electron chi connectivity index (χ0n) is 13.0. The molecule has 0 spiro atoms. The van der Waals surface area contributed by atoms with Gasteiger partial charge in [-0.2, -0.15) is 5.10 Å². The number of halogens is 1. The second-order valence-electron chi connectivity index (χ2n) is 5.84. The number of benzene rings is 1. The maximum absolute atomic E-state index is 12.3. The first kappa shape index (κ1) is 15.6. The Morgan fingerprint density at radius 1 is 1.29 bits per heavy atom. The van der Waals surface area contributed by atoms with Gasteiger partial charge in [-0.05, 0) is 32.4 Å². The number of likely N-dealkylation sites (N-methyl/N-ethyl adjacent to an activating group) is 1. The van der Waals surface area contributed by atoms with Crippen LogP contribution in [0.4, 0.5) is 0 Å². The summed E-state index contributed by atoms with van der Waals surface area (Å²) < 4.78 is 1.71. The van der Waals surface area contributed by atoms with Crippen LogP contribution in [0.5, 0.6) is 0 Å². The summed E-state index contributed by atoms with van der Waals surface area (Å²) in [6, 6.07) is 7.59. The topological polar surface area (TPSA) is 38.1 Å². The molecule has 1 amide bonds. The van der Waals surface area contributed by atoms with E-state index >= 15 is 0 Å². The molecule has 21 heavy (non-hydrogen) atoms. The van der Waals surface area contributed by atoms with Crippen LogP contribution in [0.15, 0.2) is 30.5 Å². The molecule has 0 aliphatic rings. The van der Waals surface area contributed by atoms with Crippen LogP contribution in [-0.2, 0) is 10.3 Å². The van der Waals surface area contributed by atoms with Gasteiger partial charge in [0.1, 0.15) is 5.54 Å². The summed E-state index contributed by atoms with van der Waals surface area (Å²) in [6.45, 7) is 5.69. The van der Waals surface area contributed by atoms with Gasteiger partial charge < -0.3 is 4.90 Å². The van der Waals surface area contributed by atoms with E-state index in [1.165, 1.54) is 0 Å². The predicted octanol–water partition coefficient (Wildman–Crippen LogP) is 3.34. The van der Waals surface area contributed by atoms with Crippen molar-refractivity contribution in [3.63, 3.8) is 0 Å². The van der Waals surface area contributed by atoms with Gasteiger partial charge in [0, 0.05) is 25.9 Å². The molecule has 4 nitrogen and oxygen atoms in total. The van der Waals surface area contributed by atoms with Crippen LogP contribution in [0.25, 0.3) is 11.3 Å². The first-order valence-electron chi connectivity index (χ1n) is 6.78. The average molecular weight is 306 g/mol. The molecule has 0 fully saturated rings. The summed E-state index contributed by atoms with van der Waals surface area (Å²) in [4.78, 5) is 13.9. The molecule has 0 N–H and O–H groups in total. The summed E-state index contributed by atoms with van der Waals surface area (Å²) in [6.07, 6.45) is 1.89. The molecule has 0 unspecified atom stereocenters. The summed E-state index contributed by atoms with van der Waals surface area (Å²) >= 11 is 6.24. The Labute approximate surface area is 130 Å². The smallest absolute Gasteiger partial charge is 0.249 e. The minimum absolute atomic E-state index is 0.00397. The van der Waals surface area contributed by atoms with Crippen LogP contribution in [-0.4, -0.2) is 34.7 Å². The van der Waals surface area contributed by atoms with Gasteiger partial charge in [-0.15, -0.1) is 0 Å². The van der Waals surface area contributed by atoms with Gasteiger partial charge in [-0.1, -0.05) is 29.8 Å². The van der Waals surface area contributed by atoms with E-state index in [2.05, 4.69) is 5.10 Å². The van der Waals surface area contributed by atoms with Gasteiger partial charge in [-0.25, -0.2) is 0 Å². The van der Waals surface area contributed by atoms with E-state index in [0.29, 0.717) is 5.02 Å². The van der Waals surface area contributed by atoms with Crippen molar-refractivity contribution in [3.05, 3.63) is 41.0 Å². The van der Waals surface area contributed by atoms with Crippen molar-refractivity contribution in [1.29, 1.82) is 0 Å². The molecule has 0 aliphatic carbocycles. The Bertz CT molecular complexity index is 674. The fraction of sp³-hybridized carbons (Fsp3) is 0.375. The molecule has 1 aromatic carbocycles. The molecule has 5 heteroatoms. The van der Waals surface area contributed by atoms with E-state index in [1.807, 2.05) is 51.2 Å². The third-order valence-electron chi connectivity index (χ3n) is 3.53. The number of carbonyl (C=O) groups excluding carboxylic acids is 1. The number of nitrogens with zero attached hydrogens (tertiary/aromatic N) is 3. The molecule has 0 atom stereocenters. The van der Waals surface area contributed by atoms with Gasteiger partial charge in [0.15, 0.2) is 0 Å². The van der Waals surface area contributed by atoms with E-state index < -0.39 is 5.54 Å². The van der Waals surface area contributed by atoms with E-state index in [9.17, 15) is 4.79 Å². The Morgan fingerprint density at radius 2 is 1.90 bits per heavy atom. The number of hydrogen-bond donors (Lipinski definition) is 0. The van der Waals surface area contributed by atoms with Crippen LogP contribution in [0.1, 0.15) is 19.4 Å². The maximum Gasteiger partial charge on any atom is 0.249 e. The lowest BCUT2D eigenvalue weighted by molar-refractivity contribution is -0.137. The second kappa shape index (κ2) is 5.53. The second-order valence-corrected chi connectivity index (χ2v) is 6.25. The van der Waals surface area contributed by atoms with Crippen LogP contribution in [0, 0.1) is 6.92 Å². The highest BCUT2D eigenvalue weighted by Crippen LogP contribution is 2.30. The monoisotopic (exact) mass is 305 g/mol. The Balaban J connectivity index is 2.50. The molecule has 1 heterocycles. The van der Waals surface area contributed by atoms with Gasteiger partial charge in [0.05, 0.1) is 10.7 Å². The van der Waals surface area contributed by atoms with Gasteiger partial charge >= 0.3 is 0 Å². The first-order valence-corrected chi connectivity index (χ1v) is 7.16. The van der Waals surface area contributed by atoms with E-state index in [-0.39, 0.29) is 5.91 Å². The maximum atomic E-state index is 12.3. The first-order chi connectivity index (χ1) is 9.75. The average Bonchev–Trinajstić information content (AvgIpc) is 2.81. The molecule has 0 saturated heterocycles. The van der Waals surface area contributed by atoms with Crippen molar-refractivity contribution in [2.45, 2.75) is 26.3 Å². The number of carbonyl (C=O) groups is 1. The molecular formula is C16H20ClN3O. The Hall–Kier alpha value is -1.81. The highest BCUT2D eigenvalue weighted by atomic mass is 35.5. The van der Waals surface area contributed by atoms with Crippen molar-refractivity contribution in [3.8, 4) is 11.3 Å². The van der Waals surface area contributed by atoms with E-state index in [1.54, 1.807) is 23.7 Å². The van der Waals surface area contributed by atoms with Crippen molar-refractivity contribution >= 4 is 17.5 Å². The lowest BCUT2D eigenvalue weighted by atomic mass is 10.0. The predicted molar refractivity (Wildman–Crippen MR) is 85.4 cm³/mol. The standard InChI is InChI=1S/C16H20ClN3O/c1-11-10-20(16(2,3)15(21)19(4)5)18-14(11)12-8-6-7-9-13(12)17/h6-10H,1-5H3. The fourth-order valence-electron chi connectivity index (χ4n) is 2.31. The number of rotatable bonds is 3. The van der Waals surface area contributed by atoms with E-state index in [0.717, 1.165) is 16.8 Å². The largest absolute Gasteiger partial charge is 0.347 e. The summed E-state index contributed by atoms with van der Waals surface area (Å²) in [5.41, 5.74) is 1.93. The normalized spacial score (nSPS) is 11.5. The minimum Gasteiger partial charge on any atom is -0.347 e. The zero-order chi connectivity index (χ0) is 15.8. The van der Waals surface area contributed by atoms with Crippen molar-refractivity contribution in [1.82, 2.24) is 14.7 Å². The number of amides is 1. The number of aryl methyl sites for hydroxylation is 1. The summed E-state index contributed by atoms with van der Waals surface area (Å²) in [5.74, 6) is -0.00397. The molecule has 112 valence electrons. The number of aromatic nitrogens is 2. The van der Waals surface area contributed by atoms with Crippen LogP contribution in [0.2, 0.25) is 5.02 Å². The van der Waals surface area contributed by atoms with E-state index in [4.69, 9.17) is 11.6 Å². The Kier molecular flexibility index (Phi) is 4.10. The highest BCUT2D eigenvalue weighted by molar-refractivity contribution is 6.33. The molecule has 2 rings (SSSR count). The summed E-state index contributed by atoms with van der Waals surface area (Å²) in [7, 11) is 3.49. The fourth-order valence-corrected chi connectivity index (χ4v) is 2.54. The summed E-state index contributed by atoms with van der Waals surface area (Å²) in [5, 5.41) is 5.26. The molecular weight excluding hydrogens is 286 g/mol. The lowest BCUT2D eigenvalue weighted by Crippen LogP contribution is -2.44. The molecule has 2 aromatic rings. The third-order valence-corrected chi connectivity index (χ3v) is 3.86. The van der Waals surface area contributed by atoms with Gasteiger partial charge in [0.25, 0.3) is 0 Å². The van der Waals surface area contributed by atoms with Crippen molar-refractivity contribution in [2.24, 2.45) is 0 Å². The van der Waals surface area contributed by atoms with Crippen LogP contribution < -0.4 is 0 Å². The van der Waals surface area contributed by atoms with Crippen molar-refractivity contribution in [2.75, 3.05) is 14.1 Å². The SMILES string of the molecule is Cc1cn(C(C)(C)C(=O)N(C)C)nc1-c1ccccc1Cl. The van der Waals surface area contributed by atoms with Crippen molar-refractivity contribution < 1.29 is 4.79 Å². The molecule has 0 bridgehead atoms.